The molecule has 0 saturated heterocycles. The fourth-order valence-electron chi connectivity index (χ4n) is 2.88. The molecule has 35 heavy (non-hydrogen) atoms. The number of amides is 2. The lowest BCUT2D eigenvalue weighted by atomic mass is 10.1. The Morgan fingerprint density at radius 3 is 2.31 bits per heavy atom. The van der Waals surface area contributed by atoms with Crippen molar-refractivity contribution in [3.8, 4) is 0 Å². The molecule has 1 atom stereocenters. The van der Waals surface area contributed by atoms with Gasteiger partial charge in [-0.25, -0.2) is 0 Å². The average molecular weight is 501 g/mol. The Balaban J connectivity index is 0.0000116. The van der Waals surface area contributed by atoms with E-state index >= 15 is 0 Å². The summed E-state index contributed by atoms with van der Waals surface area (Å²) in [4.78, 5) is 43.9. The molecular formula is C21H36N6O8. The lowest BCUT2D eigenvalue weighted by Crippen LogP contribution is -2.44. The van der Waals surface area contributed by atoms with Gasteiger partial charge in [-0.2, -0.15) is 0 Å². The molecule has 0 saturated carbocycles. The van der Waals surface area contributed by atoms with Crippen LogP contribution in [0.5, 0.6) is 0 Å². The second-order valence-corrected chi connectivity index (χ2v) is 7.24. The van der Waals surface area contributed by atoms with Crippen molar-refractivity contribution >= 4 is 28.9 Å². The van der Waals surface area contributed by atoms with Gasteiger partial charge >= 0.3 is 0 Å². The SMILES string of the molecule is C.CNCCCCC(NC(=O)CCOCCOCCNc1ccc([N+](=O)[O-])cc1[N+](=O)[O-])C(N)=O. The number of nitro groups is 2. The van der Waals surface area contributed by atoms with Crippen LogP contribution < -0.4 is 21.7 Å². The largest absolute Gasteiger partial charge is 0.379 e. The number of primary amides is 1. The minimum atomic E-state index is -0.702. The number of hydrogen-bond donors (Lipinski definition) is 4. The first-order valence-corrected chi connectivity index (χ1v) is 10.8. The maximum Gasteiger partial charge on any atom is 0.299 e. The van der Waals surface area contributed by atoms with E-state index in [1.807, 2.05) is 7.05 Å². The van der Waals surface area contributed by atoms with Crippen LogP contribution in [0, 0.1) is 20.2 Å². The van der Waals surface area contributed by atoms with Gasteiger partial charge < -0.3 is 31.2 Å². The van der Waals surface area contributed by atoms with E-state index in [0.717, 1.165) is 25.5 Å². The summed E-state index contributed by atoms with van der Waals surface area (Å²) < 4.78 is 10.7. The van der Waals surface area contributed by atoms with Crippen LogP contribution in [0.15, 0.2) is 18.2 Å². The summed E-state index contributed by atoms with van der Waals surface area (Å²) in [5.74, 6) is -0.896. The number of nitrogens with two attached hydrogens (primary N) is 1. The van der Waals surface area contributed by atoms with Crippen molar-refractivity contribution in [2.45, 2.75) is 39.2 Å². The topological polar surface area (TPSA) is 201 Å². The third-order valence-electron chi connectivity index (χ3n) is 4.64. The number of carbonyl (C=O) groups excluding carboxylic acids is 2. The molecule has 0 aliphatic carbocycles. The molecule has 2 amide bonds. The Kier molecular flexibility index (Phi) is 16.3. The van der Waals surface area contributed by atoms with Crippen molar-refractivity contribution in [2.75, 3.05) is 51.9 Å². The minimum Gasteiger partial charge on any atom is -0.379 e. The highest BCUT2D eigenvalue weighted by Crippen LogP contribution is 2.28. The molecule has 14 nitrogen and oxygen atoms in total. The Morgan fingerprint density at radius 1 is 1.03 bits per heavy atom. The van der Waals surface area contributed by atoms with Crippen LogP contribution in [-0.2, 0) is 19.1 Å². The lowest BCUT2D eigenvalue weighted by Gasteiger charge is -2.15. The van der Waals surface area contributed by atoms with Crippen molar-refractivity contribution in [3.05, 3.63) is 38.4 Å². The Morgan fingerprint density at radius 2 is 1.71 bits per heavy atom. The van der Waals surface area contributed by atoms with E-state index in [4.69, 9.17) is 15.2 Å². The first kappa shape index (κ1) is 31.6. The number of anilines is 1. The molecule has 0 aliphatic heterocycles. The van der Waals surface area contributed by atoms with E-state index in [-0.39, 0.29) is 64.1 Å². The van der Waals surface area contributed by atoms with Crippen LogP contribution in [-0.4, -0.2) is 74.3 Å². The predicted octanol–water partition coefficient (Wildman–Crippen LogP) is 1.33. The molecule has 1 rings (SSSR count). The number of unbranched alkanes of at least 4 members (excludes halogenated alkanes) is 1. The third-order valence-corrected chi connectivity index (χ3v) is 4.64. The van der Waals surface area contributed by atoms with Crippen molar-refractivity contribution in [3.63, 3.8) is 0 Å². The second-order valence-electron chi connectivity index (χ2n) is 7.24. The van der Waals surface area contributed by atoms with Gasteiger partial charge in [-0.05, 0) is 38.9 Å². The van der Waals surface area contributed by atoms with Gasteiger partial charge in [0.25, 0.3) is 11.4 Å². The van der Waals surface area contributed by atoms with Crippen LogP contribution >= 0.6 is 0 Å². The van der Waals surface area contributed by atoms with Crippen LogP contribution in [0.2, 0.25) is 0 Å². The second kappa shape index (κ2) is 18.0. The van der Waals surface area contributed by atoms with E-state index in [9.17, 15) is 29.8 Å². The van der Waals surface area contributed by atoms with Gasteiger partial charge in [0.05, 0.1) is 42.3 Å². The summed E-state index contributed by atoms with van der Waals surface area (Å²) in [7, 11) is 1.84. The lowest BCUT2D eigenvalue weighted by molar-refractivity contribution is -0.393. The summed E-state index contributed by atoms with van der Waals surface area (Å²) in [6.07, 6.45) is 2.19. The Bertz CT molecular complexity index is 823. The van der Waals surface area contributed by atoms with Crippen molar-refractivity contribution in [2.24, 2.45) is 5.73 Å². The third kappa shape index (κ3) is 13.2. The molecule has 1 unspecified atom stereocenters. The van der Waals surface area contributed by atoms with Crippen LogP contribution in [0.3, 0.4) is 0 Å². The van der Waals surface area contributed by atoms with E-state index in [1.54, 1.807) is 0 Å². The van der Waals surface area contributed by atoms with Crippen LogP contribution in [0.4, 0.5) is 17.1 Å². The number of carbonyl (C=O) groups is 2. The van der Waals surface area contributed by atoms with E-state index in [1.165, 1.54) is 12.1 Å². The zero-order valence-corrected chi connectivity index (χ0v) is 19.1. The zero-order valence-electron chi connectivity index (χ0n) is 19.1. The molecule has 0 bridgehead atoms. The predicted molar refractivity (Wildman–Crippen MR) is 130 cm³/mol. The number of ether oxygens (including phenoxy) is 2. The first-order chi connectivity index (χ1) is 16.3. The number of rotatable bonds is 19. The highest BCUT2D eigenvalue weighted by atomic mass is 16.6. The number of hydrogen-bond acceptors (Lipinski definition) is 10. The molecule has 1 aromatic rings. The molecule has 0 aromatic heterocycles. The quantitative estimate of drug-likeness (QED) is 0.122. The molecule has 14 heteroatoms. The normalized spacial score (nSPS) is 11.2. The monoisotopic (exact) mass is 500 g/mol. The summed E-state index contributed by atoms with van der Waals surface area (Å²) in [6, 6.07) is 2.64. The minimum absolute atomic E-state index is 0. The number of nitro benzene ring substituents is 2. The average Bonchev–Trinajstić information content (AvgIpc) is 2.79. The molecular weight excluding hydrogens is 464 g/mol. The highest BCUT2D eigenvalue weighted by molar-refractivity contribution is 5.86. The Labute approximate surface area is 204 Å². The number of nitrogens with zero attached hydrogens (tertiary/aromatic N) is 2. The van der Waals surface area contributed by atoms with Gasteiger partial charge in [0.15, 0.2) is 0 Å². The van der Waals surface area contributed by atoms with Gasteiger partial charge in [0, 0.05) is 19.0 Å². The number of non-ortho nitro benzene ring substituents is 1. The summed E-state index contributed by atoms with van der Waals surface area (Å²) in [5.41, 5.74) is 4.72. The van der Waals surface area contributed by atoms with E-state index in [2.05, 4.69) is 16.0 Å². The number of benzene rings is 1. The fourth-order valence-corrected chi connectivity index (χ4v) is 2.88. The molecule has 1 aromatic carbocycles. The molecule has 0 aliphatic rings. The summed E-state index contributed by atoms with van der Waals surface area (Å²) in [5, 5.41) is 30.3. The van der Waals surface area contributed by atoms with E-state index in [0.29, 0.717) is 6.42 Å². The zero-order chi connectivity index (χ0) is 25.3. The molecule has 0 fully saturated rings. The van der Waals surface area contributed by atoms with Crippen molar-refractivity contribution < 1.29 is 28.9 Å². The first-order valence-electron chi connectivity index (χ1n) is 10.8. The van der Waals surface area contributed by atoms with Gasteiger partial charge in [-0.1, -0.05) is 7.43 Å². The standard InChI is InChI=1S/C20H32N6O8.CH4/c1-22-8-3-2-4-17(20(21)28)24-19(27)7-10-33-12-13-34-11-9-23-16-6-5-15(25(29)30)14-18(16)26(31)32;/h5-6,14,17,22-23H,2-4,7-13H2,1H3,(H2,21,28)(H,24,27);1H4. The number of nitrogens with one attached hydrogen (secondary N) is 3. The maximum atomic E-state index is 12.0. The molecule has 0 radical (unpaired) electrons. The fraction of sp³-hybridized carbons (Fsp3) is 0.619. The van der Waals surface area contributed by atoms with Crippen LogP contribution in [0.1, 0.15) is 33.1 Å². The molecule has 198 valence electrons. The van der Waals surface area contributed by atoms with Crippen molar-refractivity contribution in [1.82, 2.24) is 10.6 Å². The highest BCUT2D eigenvalue weighted by Gasteiger charge is 2.19. The van der Waals surface area contributed by atoms with Crippen molar-refractivity contribution in [1.29, 1.82) is 0 Å². The molecule has 0 heterocycles. The van der Waals surface area contributed by atoms with Gasteiger partial charge in [-0.3, -0.25) is 29.8 Å². The maximum absolute atomic E-state index is 12.0. The Hall–Kier alpha value is -3.36. The smallest absolute Gasteiger partial charge is 0.299 e. The molecule has 0 spiro atoms. The van der Waals surface area contributed by atoms with Gasteiger partial charge in [-0.15, -0.1) is 0 Å². The van der Waals surface area contributed by atoms with E-state index < -0.39 is 27.5 Å². The van der Waals surface area contributed by atoms with Gasteiger partial charge in [0.2, 0.25) is 11.8 Å². The van der Waals surface area contributed by atoms with Gasteiger partial charge in [0.1, 0.15) is 11.7 Å². The van der Waals surface area contributed by atoms with Crippen LogP contribution in [0.25, 0.3) is 0 Å². The summed E-state index contributed by atoms with van der Waals surface area (Å²) >= 11 is 0. The molecule has 5 N–H and O–H groups in total. The summed E-state index contributed by atoms with van der Waals surface area (Å²) in [6.45, 7) is 1.89.